The number of methoxy groups -OCH3 is 1. The number of nitriles is 1. The fourth-order valence-electron chi connectivity index (χ4n) is 3.59. The number of carbonyl (C=O) groups is 1. The van der Waals surface area contributed by atoms with Crippen molar-refractivity contribution in [2.24, 2.45) is 0 Å². The highest BCUT2D eigenvalue weighted by molar-refractivity contribution is 6.01. The summed E-state index contributed by atoms with van der Waals surface area (Å²) in [5, 5.41) is 10.4. The van der Waals surface area contributed by atoms with Crippen LogP contribution in [0, 0.1) is 11.3 Å². The first-order valence-electron chi connectivity index (χ1n) is 9.07. The van der Waals surface area contributed by atoms with E-state index >= 15 is 0 Å². The first-order chi connectivity index (χ1) is 13.2. The molecule has 0 saturated carbocycles. The molecular formula is C21H20N4O2. The van der Waals surface area contributed by atoms with Gasteiger partial charge in [0.25, 0.3) is 5.91 Å². The maximum absolute atomic E-state index is 12.9. The quantitative estimate of drug-likeness (QED) is 0.716. The molecule has 1 fully saturated rings. The highest BCUT2D eigenvalue weighted by Gasteiger charge is 2.23. The zero-order chi connectivity index (χ0) is 18.8. The van der Waals surface area contributed by atoms with E-state index in [2.05, 4.69) is 11.1 Å². The number of rotatable bonds is 3. The van der Waals surface area contributed by atoms with E-state index in [-0.39, 0.29) is 5.91 Å². The van der Waals surface area contributed by atoms with Gasteiger partial charge in [0.05, 0.1) is 18.2 Å². The van der Waals surface area contributed by atoms with Crippen LogP contribution in [0.4, 0.5) is 0 Å². The van der Waals surface area contributed by atoms with Crippen LogP contribution in [0.2, 0.25) is 0 Å². The average molecular weight is 360 g/mol. The minimum atomic E-state index is -0.0992. The van der Waals surface area contributed by atoms with Gasteiger partial charge in [-0.25, -0.2) is 4.98 Å². The summed E-state index contributed by atoms with van der Waals surface area (Å²) in [6.45, 7) is 1.49. The second-order valence-electron chi connectivity index (χ2n) is 6.63. The number of amides is 1. The van der Waals surface area contributed by atoms with Crippen LogP contribution in [0.1, 0.15) is 35.2 Å². The highest BCUT2D eigenvalue weighted by atomic mass is 16.5. The number of carbonyl (C=O) groups excluding carboxylic acids is 1. The molecule has 27 heavy (non-hydrogen) atoms. The van der Waals surface area contributed by atoms with Crippen molar-refractivity contribution < 1.29 is 9.53 Å². The number of benzene rings is 1. The predicted octanol–water partition coefficient (Wildman–Crippen LogP) is 3.53. The minimum absolute atomic E-state index is 0.0992. The number of pyridine rings is 1. The van der Waals surface area contributed by atoms with Crippen LogP contribution in [-0.4, -0.2) is 40.6 Å². The molecule has 136 valence electrons. The molecular weight excluding hydrogens is 340 g/mol. The van der Waals surface area contributed by atoms with Crippen LogP contribution in [-0.2, 0) is 0 Å². The van der Waals surface area contributed by atoms with Crippen LogP contribution in [0.3, 0.4) is 0 Å². The van der Waals surface area contributed by atoms with Crippen molar-refractivity contribution in [1.29, 1.82) is 5.26 Å². The lowest BCUT2D eigenvalue weighted by molar-refractivity contribution is 0.0724. The first kappa shape index (κ1) is 17.1. The summed E-state index contributed by atoms with van der Waals surface area (Å²) in [6.07, 6.45) is 6.58. The van der Waals surface area contributed by atoms with Crippen molar-refractivity contribution >= 4 is 16.9 Å². The molecule has 0 N–H and O–H groups in total. The van der Waals surface area contributed by atoms with Gasteiger partial charge in [-0.05, 0) is 49.6 Å². The first-order valence-corrected chi connectivity index (χ1v) is 9.07. The molecule has 1 aliphatic rings. The lowest BCUT2D eigenvalue weighted by atomic mass is 10.0. The molecule has 1 saturated heterocycles. The number of nitrogens with zero attached hydrogens (tertiary/aromatic N) is 4. The number of fused-ring (bicyclic) bond motifs is 1. The summed E-state index contributed by atoms with van der Waals surface area (Å²) in [7, 11) is 1.63. The van der Waals surface area contributed by atoms with E-state index in [1.54, 1.807) is 7.11 Å². The van der Waals surface area contributed by atoms with Gasteiger partial charge in [-0.3, -0.25) is 4.79 Å². The van der Waals surface area contributed by atoms with Crippen molar-refractivity contribution in [1.82, 2.24) is 14.5 Å². The molecule has 0 spiro atoms. The molecule has 0 bridgehead atoms. The van der Waals surface area contributed by atoms with Crippen LogP contribution >= 0.6 is 0 Å². The van der Waals surface area contributed by atoms with Crippen molar-refractivity contribution in [2.45, 2.75) is 19.3 Å². The van der Waals surface area contributed by atoms with Gasteiger partial charge in [-0.2, -0.15) is 5.26 Å². The fraction of sp³-hybridized carbons (Fsp3) is 0.286. The Morgan fingerprint density at radius 3 is 2.56 bits per heavy atom. The summed E-state index contributed by atoms with van der Waals surface area (Å²) < 4.78 is 7.11. The molecule has 1 amide bonds. The van der Waals surface area contributed by atoms with Gasteiger partial charge >= 0.3 is 0 Å². The van der Waals surface area contributed by atoms with Crippen LogP contribution in [0.15, 0.2) is 42.7 Å². The largest absolute Gasteiger partial charge is 0.497 e. The Hall–Kier alpha value is -3.33. The number of likely N-dealkylation sites (tertiary alicyclic amines) is 1. The van der Waals surface area contributed by atoms with Gasteiger partial charge in [0.2, 0.25) is 0 Å². The van der Waals surface area contributed by atoms with Gasteiger partial charge in [0, 0.05) is 36.6 Å². The maximum atomic E-state index is 12.9. The zero-order valence-corrected chi connectivity index (χ0v) is 15.2. The molecule has 0 unspecified atom stereocenters. The normalized spacial score (nSPS) is 14.1. The number of ether oxygens (including phenoxy) is 1. The number of hydrogen-bond acceptors (Lipinski definition) is 4. The molecule has 1 aliphatic heterocycles. The number of hydrogen-bond donors (Lipinski definition) is 0. The van der Waals surface area contributed by atoms with Gasteiger partial charge < -0.3 is 14.2 Å². The fourth-order valence-corrected chi connectivity index (χ4v) is 3.59. The van der Waals surface area contributed by atoms with Crippen molar-refractivity contribution in [2.75, 3.05) is 20.2 Å². The summed E-state index contributed by atoms with van der Waals surface area (Å²) in [6, 6.07) is 11.7. The Balaban J connectivity index is 1.76. The minimum Gasteiger partial charge on any atom is -0.497 e. The Kier molecular flexibility index (Phi) is 4.51. The van der Waals surface area contributed by atoms with Crippen molar-refractivity contribution in [3.63, 3.8) is 0 Å². The monoisotopic (exact) mass is 360 g/mol. The highest BCUT2D eigenvalue weighted by Crippen LogP contribution is 2.26. The van der Waals surface area contributed by atoms with E-state index in [9.17, 15) is 10.1 Å². The third-order valence-electron chi connectivity index (χ3n) is 5.05. The van der Waals surface area contributed by atoms with E-state index < -0.39 is 0 Å². The van der Waals surface area contributed by atoms with Crippen molar-refractivity contribution in [3.05, 3.63) is 53.9 Å². The molecule has 0 aliphatic carbocycles. The SMILES string of the molecule is COc1ccc(-n2ccc3c(C#N)c(C(=O)N4CCCCC4)cnc32)cc1. The molecule has 1 aromatic carbocycles. The summed E-state index contributed by atoms with van der Waals surface area (Å²) >= 11 is 0. The molecule has 3 aromatic rings. The van der Waals surface area contributed by atoms with Crippen LogP contribution in [0.5, 0.6) is 5.75 Å². The smallest absolute Gasteiger partial charge is 0.256 e. The number of piperidine rings is 1. The van der Waals surface area contributed by atoms with Crippen molar-refractivity contribution in [3.8, 4) is 17.5 Å². The van der Waals surface area contributed by atoms with Gasteiger partial charge in [-0.15, -0.1) is 0 Å². The van der Waals surface area contributed by atoms with Crippen LogP contribution in [0.25, 0.3) is 16.7 Å². The second kappa shape index (κ2) is 7.12. The van der Waals surface area contributed by atoms with Gasteiger partial charge in [-0.1, -0.05) is 0 Å². The van der Waals surface area contributed by atoms with Crippen LogP contribution < -0.4 is 4.74 Å². The Labute approximate surface area is 157 Å². The summed E-state index contributed by atoms with van der Waals surface area (Å²) in [5.41, 5.74) is 2.35. The van der Waals surface area contributed by atoms with Gasteiger partial charge in [0.15, 0.2) is 0 Å². The third kappa shape index (κ3) is 3.02. The van der Waals surface area contributed by atoms with E-state index in [0.717, 1.165) is 43.8 Å². The number of aromatic nitrogens is 2. The lowest BCUT2D eigenvalue weighted by Gasteiger charge is -2.27. The molecule has 6 heteroatoms. The lowest BCUT2D eigenvalue weighted by Crippen LogP contribution is -2.36. The standard InChI is InChI=1S/C21H20N4O2/c1-27-16-7-5-15(6-8-16)25-12-9-17-18(13-22)19(14-23-20(17)25)21(26)24-10-3-2-4-11-24/h5-9,12,14H,2-4,10-11H2,1H3. The zero-order valence-electron chi connectivity index (χ0n) is 15.2. The summed E-state index contributed by atoms with van der Waals surface area (Å²) in [5.74, 6) is 0.674. The van der Waals surface area contributed by atoms with Gasteiger partial charge in [0.1, 0.15) is 17.5 Å². The molecule has 0 radical (unpaired) electrons. The molecule has 0 atom stereocenters. The third-order valence-corrected chi connectivity index (χ3v) is 5.05. The van der Waals surface area contributed by atoms with E-state index in [1.807, 2.05) is 46.0 Å². The topological polar surface area (TPSA) is 71.2 Å². The molecule has 2 aromatic heterocycles. The Morgan fingerprint density at radius 1 is 1.15 bits per heavy atom. The second-order valence-corrected chi connectivity index (χ2v) is 6.63. The predicted molar refractivity (Wildman–Crippen MR) is 102 cm³/mol. The maximum Gasteiger partial charge on any atom is 0.256 e. The molecule has 4 rings (SSSR count). The molecule has 6 nitrogen and oxygen atoms in total. The van der Waals surface area contributed by atoms with E-state index in [1.165, 1.54) is 6.20 Å². The summed E-state index contributed by atoms with van der Waals surface area (Å²) in [4.78, 5) is 19.2. The van der Waals surface area contributed by atoms with E-state index in [0.29, 0.717) is 22.2 Å². The molecule has 3 heterocycles. The Morgan fingerprint density at radius 2 is 1.89 bits per heavy atom. The van der Waals surface area contributed by atoms with E-state index in [4.69, 9.17) is 4.74 Å². The average Bonchev–Trinajstić information content (AvgIpc) is 3.17. The Bertz CT molecular complexity index is 1020.